The van der Waals surface area contributed by atoms with Crippen LogP contribution in [0.1, 0.15) is 21.6 Å². The highest BCUT2D eigenvalue weighted by Crippen LogP contribution is 2.22. The fraction of sp³-hybridized carbons (Fsp3) is 0.250. The lowest BCUT2D eigenvalue weighted by atomic mass is 10.1. The van der Waals surface area contributed by atoms with Crippen LogP contribution in [0, 0.1) is 6.92 Å². The predicted molar refractivity (Wildman–Crippen MR) is 83.3 cm³/mol. The first-order chi connectivity index (χ1) is 10.0. The molecule has 0 amide bonds. The van der Waals surface area contributed by atoms with E-state index in [4.69, 9.17) is 5.73 Å². The van der Waals surface area contributed by atoms with E-state index in [9.17, 15) is 4.79 Å². The number of carbonyl (C=O) groups is 1. The zero-order valence-corrected chi connectivity index (χ0v) is 12.5. The van der Waals surface area contributed by atoms with Gasteiger partial charge in [-0.1, -0.05) is 24.3 Å². The fourth-order valence-corrected chi connectivity index (χ4v) is 2.10. The molecule has 5 nitrogen and oxygen atoms in total. The first kappa shape index (κ1) is 14.8. The van der Waals surface area contributed by atoms with Gasteiger partial charge in [0.15, 0.2) is 11.5 Å². The Labute approximate surface area is 124 Å². The Morgan fingerprint density at radius 2 is 2.00 bits per heavy atom. The Hall–Kier alpha value is -2.56. The number of pyridine rings is 1. The molecule has 2 N–H and O–H groups in total. The van der Waals surface area contributed by atoms with E-state index >= 15 is 0 Å². The number of esters is 1. The number of anilines is 2. The molecule has 0 aliphatic carbocycles. The number of nitrogen functional groups attached to an aromatic ring is 1. The van der Waals surface area contributed by atoms with Gasteiger partial charge in [0.2, 0.25) is 0 Å². The van der Waals surface area contributed by atoms with Crippen LogP contribution in [0.5, 0.6) is 0 Å². The lowest BCUT2D eigenvalue weighted by molar-refractivity contribution is 0.0594. The molecule has 0 atom stereocenters. The van der Waals surface area contributed by atoms with Gasteiger partial charge >= 0.3 is 5.97 Å². The van der Waals surface area contributed by atoms with Crippen molar-refractivity contribution in [1.82, 2.24) is 4.98 Å². The number of rotatable bonds is 4. The van der Waals surface area contributed by atoms with Crippen molar-refractivity contribution < 1.29 is 9.53 Å². The van der Waals surface area contributed by atoms with Crippen molar-refractivity contribution >= 4 is 17.5 Å². The van der Waals surface area contributed by atoms with Gasteiger partial charge in [-0.25, -0.2) is 9.78 Å². The van der Waals surface area contributed by atoms with Crippen LogP contribution in [0.15, 0.2) is 36.4 Å². The molecule has 0 bridgehead atoms. The van der Waals surface area contributed by atoms with Crippen LogP contribution in [-0.4, -0.2) is 25.1 Å². The van der Waals surface area contributed by atoms with E-state index in [1.54, 1.807) is 12.1 Å². The summed E-state index contributed by atoms with van der Waals surface area (Å²) in [5.41, 5.74) is 9.13. The van der Waals surface area contributed by atoms with E-state index in [0.29, 0.717) is 18.1 Å². The molecule has 0 unspecified atom stereocenters. The van der Waals surface area contributed by atoms with Gasteiger partial charge in [-0.3, -0.25) is 0 Å². The summed E-state index contributed by atoms with van der Waals surface area (Å²) < 4.78 is 4.69. The maximum atomic E-state index is 11.6. The predicted octanol–water partition coefficient (Wildman–Crippen LogP) is 2.40. The van der Waals surface area contributed by atoms with Gasteiger partial charge in [0.1, 0.15) is 0 Å². The lowest BCUT2D eigenvalue weighted by Gasteiger charge is -2.21. The van der Waals surface area contributed by atoms with Gasteiger partial charge in [-0.05, 0) is 30.2 Å². The Balaban J connectivity index is 2.28. The van der Waals surface area contributed by atoms with Crippen molar-refractivity contribution in [3.63, 3.8) is 0 Å². The Kier molecular flexibility index (Phi) is 4.42. The monoisotopic (exact) mass is 285 g/mol. The van der Waals surface area contributed by atoms with E-state index in [1.165, 1.54) is 18.2 Å². The second-order valence-electron chi connectivity index (χ2n) is 4.88. The van der Waals surface area contributed by atoms with Gasteiger partial charge in [0, 0.05) is 13.6 Å². The van der Waals surface area contributed by atoms with Gasteiger partial charge in [-0.15, -0.1) is 0 Å². The molecule has 5 heteroatoms. The van der Waals surface area contributed by atoms with E-state index < -0.39 is 5.97 Å². The van der Waals surface area contributed by atoms with Crippen molar-refractivity contribution in [3.05, 3.63) is 53.2 Å². The summed E-state index contributed by atoms with van der Waals surface area (Å²) in [6, 6.07) is 11.4. The second-order valence-corrected chi connectivity index (χ2v) is 4.88. The molecule has 2 rings (SSSR count). The summed E-state index contributed by atoms with van der Waals surface area (Å²) in [5, 5.41) is 0. The van der Waals surface area contributed by atoms with Crippen LogP contribution >= 0.6 is 0 Å². The van der Waals surface area contributed by atoms with Gasteiger partial charge in [0.05, 0.1) is 12.8 Å². The zero-order valence-electron chi connectivity index (χ0n) is 12.5. The highest BCUT2D eigenvalue weighted by Gasteiger charge is 2.14. The van der Waals surface area contributed by atoms with Crippen molar-refractivity contribution in [2.75, 3.05) is 24.8 Å². The first-order valence-electron chi connectivity index (χ1n) is 6.63. The number of aryl methyl sites for hydroxylation is 1. The lowest BCUT2D eigenvalue weighted by Crippen LogP contribution is -2.21. The normalized spacial score (nSPS) is 10.2. The van der Waals surface area contributed by atoms with Crippen LogP contribution in [0.25, 0.3) is 0 Å². The standard InChI is InChI=1S/C16H19N3O2/c1-11-6-4-5-7-12(11)10-19(2)15-13(17)8-9-14(18-15)16(20)21-3/h4-9H,10,17H2,1-3H3. The first-order valence-corrected chi connectivity index (χ1v) is 6.63. The smallest absolute Gasteiger partial charge is 0.356 e. The van der Waals surface area contributed by atoms with Crippen LogP contribution < -0.4 is 10.6 Å². The number of carbonyl (C=O) groups excluding carboxylic acids is 1. The molecular formula is C16H19N3O2. The molecule has 0 fully saturated rings. The summed E-state index contributed by atoms with van der Waals surface area (Å²) in [6.07, 6.45) is 0. The Morgan fingerprint density at radius 3 is 2.67 bits per heavy atom. The van der Waals surface area contributed by atoms with Crippen LogP contribution in [0.3, 0.4) is 0 Å². The highest BCUT2D eigenvalue weighted by atomic mass is 16.5. The fourth-order valence-electron chi connectivity index (χ4n) is 2.10. The molecule has 21 heavy (non-hydrogen) atoms. The summed E-state index contributed by atoms with van der Waals surface area (Å²) in [4.78, 5) is 17.8. The minimum absolute atomic E-state index is 0.248. The molecule has 2 aromatic rings. The number of nitrogens with two attached hydrogens (primary N) is 1. The van der Waals surface area contributed by atoms with E-state index in [-0.39, 0.29) is 5.69 Å². The number of aromatic nitrogens is 1. The number of benzene rings is 1. The highest BCUT2D eigenvalue weighted by molar-refractivity contribution is 5.88. The molecule has 0 spiro atoms. The van der Waals surface area contributed by atoms with Gasteiger partial charge in [-0.2, -0.15) is 0 Å². The maximum Gasteiger partial charge on any atom is 0.356 e. The molecule has 1 heterocycles. The van der Waals surface area contributed by atoms with Crippen LogP contribution in [0.2, 0.25) is 0 Å². The molecule has 1 aromatic heterocycles. The number of ether oxygens (including phenoxy) is 1. The van der Waals surface area contributed by atoms with Gasteiger partial charge < -0.3 is 15.4 Å². The Bertz CT molecular complexity index is 656. The molecular weight excluding hydrogens is 266 g/mol. The quantitative estimate of drug-likeness (QED) is 0.874. The van der Waals surface area contributed by atoms with Crippen LogP contribution in [-0.2, 0) is 11.3 Å². The largest absolute Gasteiger partial charge is 0.464 e. The van der Waals surface area contributed by atoms with E-state index in [1.807, 2.05) is 24.1 Å². The second kappa shape index (κ2) is 6.26. The van der Waals surface area contributed by atoms with Crippen molar-refractivity contribution in [2.24, 2.45) is 0 Å². The van der Waals surface area contributed by atoms with E-state index in [2.05, 4.69) is 28.8 Å². The average molecular weight is 285 g/mol. The third kappa shape index (κ3) is 3.31. The Morgan fingerprint density at radius 1 is 1.29 bits per heavy atom. The third-order valence-corrected chi connectivity index (χ3v) is 3.33. The molecule has 0 saturated carbocycles. The molecule has 0 aliphatic heterocycles. The molecule has 0 aliphatic rings. The van der Waals surface area contributed by atoms with Gasteiger partial charge in [0.25, 0.3) is 0 Å². The SMILES string of the molecule is COC(=O)c1ccc(N)c(N(C)Cc2ccccc2C)n1. The topological polar surface area (TPSA) is 68.5 Å². The molecule has 1 aromatic carbocycles. The summed E-state index contributed by atoms with van der Waals surface area (Å²) in [5.74, 6) is 0.0988. The third-order valence-electron chi connectivity index (χ3n) is 3.33. The molecule has 0 saturated heterocycles. The minimum atomic E-state index is -0.472. The van der Waals surface area contributed by atoms with E-state index in [0.717, 1.165) is 0 Å². The number of hydrogen-bond acceptors (Lipinski definition) is 5. The number of methoxy groups -OCH3 is 1. The minimum Gasteiger partial charge on any atom is -0.464 e. The number of hydrogen-bond donors (Lipinski definition) is 1. The van der Waals surface area contributed by atoms with Crippen molar-refractivity contribution in [3.8, 4) is 0 Å². The molecule has 0 radical (unpaired) electrons. The van der Waals surface area contributed by atoms with Crippen molar-refractivity contribution in [2.45, 2.75) is 13.5 Å². The maximum absolute atomic E-state index is 11.6. The zero-order chi connectivity index (χ0) is 15.4. The molecule has 110 valence electrons. The number of nitrogens with zero attached hydrogens (tertiary/aromatic N) is 2. The average Bonchev–Trinajstić information content (AvgIpc) is 2.49. The summed E-state index contributed by atoms with van der Waals surface area (Å²) >= 11 is 0. The summed E-state index contributed by atoms with van der Waals surface area (Å²) in [7, 11) is 3.23. The van der Waals surface area contributed by atoms with Crippen molar-refractivity contribution in [1.29, 1.82) is 0 Å². The van der Waals surface area contributed by atoms with Crippen LogP contribution in [0.4, 0.5) is 11.5 Å². The summed E-state index contributed by atoms with van der Waals surface area (Å²) in [6.45, 7) is 2.72.